The lowest BCUT2D eigenvalue weighted by Crippen LogP contribution is -2.38. The van der Waals surface area contributed by atoms with Crippen molar-refractivity contribution in [3.8, 4) is 0 Å². The van der Waals surface area contributed by atoms with Crippen LogP contribution in [0, 0.1) is 0 Å². The molecule has 8 nitrogen and oxygen atoms in total. The molecule has 9 heteroatoms. The van der Waals surface area contributed by atoms with E-state index in [2.05, 4.69) is 5.32 Å². The lowest BCUT2D eigenvalue weighted by atomic mass is 9.95. The monoisotopic (exact) mass is 391 g/mol. The molecule has 1 aliphatic carbocycles. The lowest BCUT2D eigenvalue weighted by Gasteiger charge is -2.13. The highest BCUT2D eigenvalue weighted by atomic mass is 32.1. The molecule has 1 N–H and O–H groups in total. The number of ether oxygens (including phenoxy) is 1. The van der Waals surface area contributed by atoms with Gasteiger partial charge in [-0.15, -0.1) is 11.3 Å². The summed E-state index contributed by atoms with van der Waals surface area (Å²) in [5.74, 6) is -0.817. The van der Waals surface area contributed by atoms with Crippen LogP contribution >= 0.6 is 11.3 Å². The number of carbonyl (C=O) groups excluding carboxylic acids is 2. The van der Waals surface area contributed by atoms with E-state index in [1.54, 1.807) is 0 Å². The Kier molecular flexibility index (Phi) is 5.31. The third-order valence-electron chi connectivity index (χ3n) is 4.64. The van der Waals surface area contributed by atoms with Gasteiger partial charge in [0, 0.05) is 32.0 Å². The number of aromatic nitrogens is 2. The van der Waals surface area contributed by atoms with Crippen molar-refractivity contribution >= 4 is 28.2 Å². The van der Waals surface area contributed by atoms with Crippen LogP contribution in [0.1, 0.15) is 46.3 Å². The summed E-state index contributed by atoms with van der Waals surface area (Å²) in [6, 6.07) is 1.27. The molecule has 0 bridgehead atoms. The van der Waals surface area contributed by atoms with Gasteiger partial charge in [0.2, 0.25) is 5.91 Å². The molecule has 0 radical (unpaired) electrons. The Labute approximate surface area is 159 Å². The number of nitrogens with zero attached hydrogens (tertiary/aromatic N) is 2. The van der Waals surface area contributed by atoms with Crippen LogP contribution in [0.25, 0.3) is 0 Å². The minimum absolute atomic E-state index is 0.204. The van der Waals surface area contributed by atoms with Gasteiger partial charge in [-0.2, -0.15) is 0 Å². The Morgan fingerprint density at radius 2 is 1.89 bits per heavy atom. The van der Waals surface area contributed by atoms with Crippen LogP contribution in [-0.4, -0.2) is 21.0 Å². The Hall–Kier alpha value is -2.68. The molecule has 3 rings (SSSR count). The molecule has 1 amide bonds. The van der Waals surface area contributed by atoms with Gasteiger partial charge < -0.3 is 10.1 Å². The van der Waals surface area contributed by atoms with Gasteiger partial charge in [0.15, 0.2) is 0 Å². The number of hydrogen-bond acceptors (Lipinski definition) is 6. The topological polar surface area (TPSA) is 99.4 Å². The van der Waals surface area contributed by atoms with Crippen LogP contribution in [0.4, 0.5) is 5.00 Å². The summed E-state index contributed by atoms with van der Waals surface area (Å²) in [7, 11) is 2.90. The van der Waals surface area contributed by atoms with Gasteiger partial charge in [-0.05, 0) is 31.2 Å². The zero-order valence-corrected chi connectivity index (χ0v) is 16.3. The predicted molar refractivity (Wildman–Crippen MR) is 101 cm³/mol. The number of hydrogen-bond donors (Lipinski definition) is 1. The number of aryl methyl sites for hydroxylation is 1. The van der Waals surface area contributed by atoms with E-state index in [1.807, 2.05) is 0 Å². The van der Waals surface area contributed by atoms with Crippen LogP contribution in [-0.2, 0) is 43.1 Å². The molecule has 0 aromatic carbocycles. The molecule has 27 heavy (non-hydrogen) atoms. The molecule has 2 heterocycles. The van der Waals surface area contributed by atoms with Crippen LogP contribution in [0.2, 0.25) is 0 Å². The van der Waals surface area contributed by atoms with Gasteiger partial charge in [0.1, 0.15) is 11.6 Å². The average molecular weight is 391 g/mol. The molecule has 0 saturated carbocycles. The van der Waals surface area contributed by atoms with Crippen molar-refractivity contribution in [2.45, 2.75) is 39.2 Å². The van der Waals surface area contributed by atoms with Crippen molar-refractivity contribution in [2.75, 3.05) is 5.32 Å². The lowest BCUT2D eigenvalue weighted by molar-refractivity contribution is -0.114. The number of thiophene rings is 1. The molecule has 0 aliphatic heterocycles. The Morgan fingerprint density at radius 3 is 2.59 bits per heavy atom. The van der Waals surface area contributed by atoms with Gasteiger partial charge in [0.05, 0.1) is 11.3 Å². The van der Waals surface area contributed by atoms with Crippen molar-refractivity contribution in [1.29, 1.82) is 0 Å². The maximum Gasteiger partial charge on any atom is 0.341 e. The van der Waals surface area contributed by atoms with Crippen molar-refractivity contribution in [1.82, 2.24) is 9.13 Å². The second kappa shape index (κ2) is 7.51. The van der Waals surface area contributed by atoms with E-state index in [0.717, 1.165) is 40.7 Å². The van der Waals surface area contributed by atoms with E-state index in [4.69, 9.17) is 4.74 Å². The minimum atomic E-state index is -0.564. The number of amides is 1. The molecule has 0 spiro atoms. The average Bonchev–Trinajstić information content (AvgIpc) is 2.98. The molecule has 2 aromatic heterocycles. The van der Waals surface area contributed by atoms with Crippen LogP contribution in [0.5, 0.6) is 0 Å². The Bertz CT molecular complexity index is 1030. The number of rotatable bonds is 4. The Morgan fingerprint density at radius 1 is 1.19 bits per heavy atom. The molecule has 2 aromatic rings. The van der Waals surface area contributed by atoms with E-state index in [-0.39, 0.29) is 12.5 Å². The summed E-state index contributed by atoms with van der Waals surface area (Å²) >= 11 is 1.41. The maximum absolute atomic E-state index is 12.8. The molecule has 0 fully saturated rings. The number of nitrogens with one attached hydrogen (secondary N) is 1. The van der Waals surface area contributed by atoms with Crippen LogP contribution in [0.3, 0.4) is 0 Å². The zero-order valence-electron chi connectivity index (χ0n) is 15.5. The first kappa shape index (κ1) is 19.1. The van der Waals surface area contributed by atoms with Crippen LogP contribution < -0.4 is 16.6 Å². The summed E-state index contributed by atoms with van der Waals surface area (Å²) in [5, 5.41) is 3.21. The normalized spacial score (nSPS) is 13.1. The van der Waals surface area contributed by atoms with E-state index in [1.165, 1.54) is 43.0 Å². The van der Waals surface area contributed by atoms with E-state index < -0.39 is 17.2 Å². The van der Waals surface area contributed by atoms with E-state index in [0.29, 0.717) is 16.3 Å². The van der Waals surface area contributed by atoms with Crippen molar-refractivity contribution in [2.24, 2.45) is 14.1 Å². The fraction of sp³-hybridized carbons (Fsp3) is 0.444. The first-order valence-electron chi connectivity index (χ1n) is 8.64. The van der Waals surface area contributed by atoms with Gasteiger partial charge in [-0.25, -0.2) is 9.59 Å². The zero-order chi connectivity index (χ0) is 19.7. The van der Waals surface area contributed by atoms with E-state index in [9.17, 15) is 19.2 Å². The summed E-state index contributed by atoms with van der Waals surface area (Å²) < 4.78 is 7.65. The SMILES string of the molecule is CC(=O)Nc1sc2c(c1C(=O)OCc1cc(=O)n(C)c(=O)n1C)CCCC2. The summed E-state index contributed by atoms with van der Waals surface area (Å²) in [5.41, 5.74) is 0.676. The second-order valence-electron chi connectivity index (χ2n) is 6.55. The molecule has 0 atom stereocenters. The molecule has 144 valence electrons. The van der Waals surface area contributed by atoms with Crippen molar-refractivity contribution < 1.29 is 14.3 Å². The summed E-state index contributed by atoms with van der Waals surface area (Å²) in [6.07, 6.45) is 3.67. The Balaban J connectivity index is 1.89. The number of carbonyl (C=O) groups is 2. The standard InChI is InChI=1S/C18H21N3O5S/c1-10(22)19-16-15(12-6-4-5-7-13(12)27-16)17(24)26-9-11-8-14(23)21(3)18(25)20(11)2/h8H,4-7,9H2,1-3H3,(H,19,22). The van der Waals surface area contributed by atoms with Crippen molar-refractivity contribution in [3.05, 3.63) is 48.6 Å². The maximum atomic E-state index is 12.8. The summed E-state index contributed by atoms with van der Waals surface area (Å²) in [6.45, 7) is 1.19. The highest BCUT2D eigenvalue weighted by Gasteiger charge is 2.27. The minimum Gasteiger partial charge on any atom is -0.456 e. The molecule has 0 saturated heterocycles. The van der Waals surface area contributed by atoms with Gasteiger partial charge in [0.25, 0.3) is 5.56 Å². The quantitative estimate of drug-likeness (QED) is 0.793. The number of fused-ring (bicyclic) bond motifs is 1. The summed E-state index contributed by atoms with van der Waals surface area (Å²) in [4.78, 5) is 49.2. The second-order valence-corrected chi connectivity index (χ2v) is 7.65. The highest BCUT2D eigenvalue weighted by Crippen LogP contribution is 2.38. The van der Waals surface area contributed by atoms with Gasteiger partial charge in [-0.3, -0.25) is 18.7 Å². The highest BCUT2D eigenvalue weighted by molar-refractivity contribution is 7.17. The number of anilines is 1. The third-order valence-corrected chi connectivity index (χ3v) is 5.85. The van der Waals surface area contributed by atoms with Crippen LogP contribution in [0.15, 0.2) is 15.7 Å². The molecular weight excluding hydrogens is 370 g/mol. The predicted octanol–water partition coefficient (Wildman–Crippen LogP) is 1.34. The van der Waals surface area contributed by atoms with Gasteiger partial charge in [-0.1, -0.05) is 0 Å². The molecular formula is C18H21N3O5S. The van der Waals surface area contributed by atoms with Gasteiger partial charge >= 0.3 is 11.7 Å². The largest absolute Gasteiger partial charge is 0.456 e. The number of esters is 1. The smallest absolute Gasteiger partial charge is 0.341 e. The molecule has 1 aliphatic rings. The van der Waals surface area contributed by atoms with E-state index >= 15 is 0 Å². The first-order chi connectivity index (χ1) is 12.8. The third kappa shape index (κ3) is 3.73. The molecule has 0 unspecified atom stereocenters. The first-order valence-corrected chi connectivity index (χ1v) is 9.46. The fourth-order valence-corrected chi connectivity index (χ4v) is 4.48. The fourth-order valence-electron chi connectivity index (χ4n) is 3.16. The van der Waals surface area contributed by atoms with Crippen molar-refractivity contribution in [3.63, 3.8) is 0 Å².